The van der Waals surface area contributed by atoms with Crippen molar-refractivity contribution in [2.75, 3.05) is 19.7 Å². The predicted octanol–water partition coefficient (Wildman–Crippen LogP) is 4.02. The van der Waals surface area contributed by atoms with Crippen molar-refractivity contribution in [2.45, 2.75) is 45.1 Å². The molecule has 0 heterocycles. The second-order valence-corrected chi connectivity index (χ2v) is 7.87. The lowest BCUT2D eigenvalue weighted by molar-refractivity contribution is -0.139. The van der Waals surface area contributed by atoms with Gasteiger partial charge >= 0.3 is 12.1 Å². The highest BCUT2D eigenvalue weighted by atomic mass is 16.5. The third-order valence-corrected chi connectivity index (χ3v) is 5.80. The first-order chi connectivity index (χ1) is 15.5. The van der Waals surface area contributed by atoms with Crippen molar-refractivity contribution in [3.63, 3.8) is 0 Å². The highest BCUT2D eigenvalue weighted by Crippen LogP contribution is 2.44. The summed E-state index contributed by atoms with van der Waals surface area (Å²) >= 11 is 0. The van der Waals surface area contributed by atoms with Gasteiger partial charge in [0.15, 0.2) is 0 Å². The Bertz CT molecular complexity index is 929. The van der Waals surface area contributed by atoms with Crippen molar-refractivity contribution in [1.29, 1.82) is 0 Å². The van der Waals surface area contributed by atoms with Crippen LogP contribution in [0.2, 0.25) is 0 Å². The first-order valence-corrected chi connectivity index (χ1v) is 11.1. The number of nitrogens with zero attached hydrogens (tertiary/aromatic N) is 1. The predicted molar refractivity (Wildman–Crippen MR) is 121 cm³/mol. The number of amides is 2. The molecule has 0 aliphatic heterocycles. The zero-order valence-corrected chi connectivity index (χ0v) is 18.5. The molecule has 32 heavy (non-hydrogen) atoms. The van der Waals surface area contributed by atoms with E-state index >= 15 is 0 Å². The van der Waals surface area contributed by atoms with Crippen LogP contribution in [0, 0.1) is 0 Å². The third-order valence-electron chi connectivity index (χ3n) is 5.80. The molecule has 2 N–H and O–H groups in total. The molecule has 0 spiro atoms. The van der Waals surface area contributed by atoms with E-state index < -0.39 is 18.1 Å². The van der Waals surface area contributed by atoms with Crippen LogP contribution in [0.3, 0.4) is 0 Å². The largest absolute Gasteiger partial charge is 0.481 e. The molecule has 0 unspecified atom stereocenters. The van der Waals surface area contributed by atoms with Crippen LogP contribution in [-0.2, 0) is 14.3 Å². The van der Waals surface area contributed by atoms with Crippen LogP contribution in [0.4, 0.5) is 4.79 Å². The molecule has 1 aliphatic carbocycles. The van der Waals surface area contributed by atoms with Gasteiger partial charge in [0, 0.05) is 19.0 Å². The number of benzene rings is 2. The Morgan fingerprint density at radius 1 is 1.03 bits per heavy atom. The molecule has 2 aromatic rings. The summed E-state index contributed by atoms with van der Waals surface area (Å²) in [5.41, 5.74) is 4.53. The van der Waals surface area contributed by atoms with Gasteiger partial charge in [-0.2, -0.15) is 0 Å². The van der Waals surface area contributed by atoms with E-state index in [1.807, 2.05) is 43.3 Å². The minimum atomic E-state index is -0.965. The maximum atomic E-state index is 12.9. The zero-order valence-electron chi connectivity index (χ0n) is 18.5. The quantitative estimate of drug-likeness (QED) is 0.584. The van der Waals surface area contributed by atoms with Crippen molar-refractivity contribution < 1.29 is 24.2 Å². The molecule has 1 aliphatic rings. The molecule has 0 fully saturated rings. The summed E-state index contributed by atoms with van der Waals surface area (Å²) in [6.45, 7) is 4.36. The van der Waals surface area contributed by atoms with Crippen LogP contribution in [0.15, 0.2) is 48.5 Å². The van der Waals surface area contributed by atoms with Gasteiger partial charge < -0.3 is 20.1 Å². The SMILES string of the molecule is CCC[C@@H](NC(=O)OCC1c2ccccc2-c2ccccc21)C(=O)N(CC)CCC(=O)O. The molecule has 0 radical (unpaired) electrons. The lowest BCUT2D eigenvalue weighted by Gasteiger charge is -2.26. The standard InChI is InChI=1S/C25H30N2O5/c1-3-9-22(24(30)27(4-2)15-14-23(28)29)26-25(31)32-16-21-19-12-7-5-10-17(19)18-11-6-8-13-20(18)21/h5-8,10-13,21-22H,3-4,9,14-16H2,1-2H3,(H,26,31)(H,28,29)/t22-/m1/s1. The summed E-state index contributed by atoms with van der Waals surface area (Å²) in [5, 5.41) is 11.6. The van der Waals surface area contributed by atoms with Crippen molar-refractivity contribution in [1.82, 2.24) is 10.2 Å². The average molecular weight is 439 g/mol. The van der Waals surface area contributed by atoms with Crippen molar-refractivity contribution in [3.8, 4) is 11.1 Å². The third kappa shape index (κ3) is 5.28. The summed E-state index contributed by atoms with van der Waals surface area (Å²) in [4.78, 5) is 37.8. The van der Waals surface area contributed by atoms with Gasteiger partial charge in [-0.3, -0.25) is 9.59 Å². The molecule has 7 nitrogen and oxygen atoms in total. The fourth-order valence-corrected chi connectivity index (χ4v) is 4.20. The maximum Gasteiger partial charge on any atom is 0.407 e. The number of alkyl carbamates (subject to hydrolysis) is 1. The van der Waals surface area contributed by atoms with Gasteiger partial charge in [-0.15, -0.1) is 0 Å². The number of carbonyl (C=O) groups is 3. The monoisotopic (exact) mass is 438 g/mol. The molecule has 0 aromatic heterocycles. The average Bonchev–Trinajstić information content (AvgIpc) is 3.11. The molecule has 7 heteroatoms. The molecular weight excluding hydrogens is 408 g/mol. The van der Waals surface area contributed by atoms with Gasteiger partial charge in [0.25, 0.3) is 0 Å². The van der Waals surface area contributed by atoms with Gasteiger partial charge in [0.2, 0.25) is 5.91 Å². The molecule has 1 atom stereocenters. The minimum Gasteiger partial charge on any atom is -0.481 e. The molecule has 3 rings (SSSR count). The molecule has 0 bridgehead atoms. The van der Waals surface area contributed by atoms with Gasteiger partial charge in [-0.25, -0.2) is 4.79 Å². The zero-order chi connectivity index (χ0) is 23.1. The van der Waals surface area contributed by atoms with E-state index in [9.17, 15) is 14.4 Å². The van der Waals surface area contributed by atoms with E-state index in [0.717, 1.165) is 22.3 Å². The van der Waals surface area contributed by atoms with Crippen LogP contribution < -0.4 is 5.32 Å². The van der Waals surface area contributed by atoms with E-state index in [0.29, 0.717) is 19.4 Å². The topological polar surface area (TPSA) is 95.9 Å². The highest BCUT2D eigenvalue weighted by molar-refractivity contribution is 5.86. The Balaban J connectivity index is 1.65. The smallest absolute Gasteiger partial charge is 0.407 e. The molecule has 2 aromatic carbocycles. The highest BCUT2D eigenvalue weighted by Gasteiger charge is 2.30. The van der Waals surface area contributed by atoms with Crippen molar-refractivity contribution in [2.24, 2.45) is 0 Å². The molecular formula is C25H30N2O5. The number of hydrogen-bond donors (Lipinski definition) is 2. The van der Waals surface area contributed by atoms with E-state index in [4.69, 9.17) is 9.84 Å². The lowest BCUT2D eigenvalue weighted by atomic mass is 9.98. The van der Waals surface area contributed by atoms with Gasteiger partial charge in [0.05, 0.1) is 6.42 Å². The van der Waals surface area contributed by atoms with E-state index in [1.165, 1.54) is 4.90 Å². The summed E-state index contributed by atoms with van der Waals surface area (Å²) < 4.78 is 5.56. The molecule has 0 saturated heterocycles. The van der Waals surface area contributed by atoms with Gasteiger partial charge in [-0.05, 0) is 35.6 Å². The maximum absolute atomic E-state index is 12.9. The number of ether oxygens (including phenoxy) is 1. The Morgan fingerprint density at radius 3 is 2.16 bits per heavy atom. The van der Waals surface area contributed by atoms with Crippen LogP contribution in [0.5, 0.6) is 0 Å². The fraction of sp³-hybridized carbons (Fsp3) is 0.400. The number of fused-ring (bicyclic) bond motifs is 3. The number of carboxylic acids is 1. The number of rotatable bonds is 10. The normalized spacial score (nSPS) is 13.1. The van der Waals surface area contributed by atoms with Gasteiger partial charge in [-0.1, -0.05) is 61.9 Å². The number of likely N-dealkylation sites (N-methyl/N-ethyl adjacent to an activating group) is 1. The molecule has 2 amide bonds. The Labute approximate surface area is 188 Å². The van der Waals surface area contributed by atoms with Crippen molar-refractivity contribution in [3.05, 3.63) is 59.7 Å². The number of carbonyl (C=O) groups excluding carboxylic acids is 2. The van der Waals surface area contributed by atoms with E-state index in [2.05, 4.69) is 17.4 Å². The first kappa shape index (κ1) is 23.3. The minimum absolute atomic E-state index is 0.0591. The number of aliphatic carboxylic acids is 1. The first-order valence-electron chi connectivity index (χ1n) is 11.1. The van der Waals surface area contributed by atoms with Crippen LogP contribution in [-0.4, -0.2) is 53.7 Å². The summed E-state index contributed by atoms with van der Waals surface area (Å²) in [5.74, 6) is -1.31. The summed E-state index contributed by atoms with van der Waals surface area (Å²) in [6, 6.07) is 15.4. The van der Waals surface area contributed by atoms with E-state index in [-0.39, 0.29) is 31.4 Å². The number of nitrogens with one attached hydrogen (secondary N) is 1. The van der Waals surface area contributed by atoms with Crippen LogP contribution >= 0.6 is 0 Å². The lowest BCUT2D eigenvalue weighted by Crippen LogP contribution is -2.49. The number of hydrogen-bond acceptors (Lipinski definition) is 4. The van der Waals surface area contributed by atoms with E-state index in [1.54, 1.807) is 6.92 Å². The number of carboxylic acid groups (broad SMARTS) is 1. The fourth-order valence-electron chi connectivity index (χ4n) is 4.20. The summed E-state index contributed by atoms with van der Waals surface area (Å²) in [6.07, 6.45) is 0.361. The Hall–Kier alpha value is -3.35. The van der Waals surface area contributed by atoms with Crippen LogP contribution in [0.25, 0.3) is 11.1 Å². The molecule has 0 saturated carbocycles. The Morgan fingerprint density at radius 2 is 1.62 bits per heavy atom. The molecule has 170 valence electrons. The van der Waals surface area contributed by atoms with Crippen molar-refractivity contribution >= 4 is 18.0 Å². The Kier molecular flexibility index (Phi) is 7.87. The second kappa shape index (κ2) is 10.8. The second-order valence-electron chi connectivity index (χ2n) is 7.87. The summed E-state index contributed by atoms with van der Waals surface area (Å²) in [7, 11) is 0. The van der Waals surface area contributed by atoms with Crippen LogP contribution in [0.1, 0.15) is 50.2 Å². The van der Waals surface area contributed by atoms with Gasteiger partial charge in [0.1, 0.15) is 12.6 Å².